The van der Waals surface area contributed by atoms with E-state index in [0.29, 0.717) is 29.5 Å². The average molecular weight is 466 g/mol. The van der Waals surface area contributed by atoms with Crippen molar-refractivity contribution in [2.24, 2.45) is 0 Å². The Kier molecular flexibility index (Phi) is 6.37. The topological polar surface area (TPSA) is 106 Å². The molecule has 0 spiro atoms. The van der Waals surface area contributed by atoms with Crippen LogP contribution < -0.4 is 26.6 Å². The van der Waals surface area contributed by atoms with Gasteiger partial charge in [0.15, 0.2) is 0 Å². The number of nitrogens with one attached hydrogen (secondary N) is 1. The van der Waals surface area contributed by atoms with Crippen LogP contribution in [0.5, 0.6) is 5.75 Å². The van der Waals surface area contributed by atoms with Crippen LogP contribution in [0.25, 0.3) is 10.9 Å². The molecule has 4 aromatic rings. The number of H-pyrrole nitrogens is 1. The Balaban J connectivity index is 1.73. The zero-order valence-electron chi connectivity index (χ0n) is 18.3. The van der Waals surface area contributed by atoms with Crippen molar-refractivity contribution >= 4 is 34.0 Å². The molecule has 3 N–H and O–H groups in total. The van der Waals surface area contributed by atoms with Crippen molar-refractivity contribution in [2.45, 2.75) is 20.0 Å². The maximum absolute atomic E-state index is 12.8. The van der Waals surface area contributed by atoms with Crippen molar-refractivity contribution in [3.05, 3.63) is 91.7 Å². The molecule has 4 rings (SSSR count). The molecule has 2 aromatic carbocycles. The van der Waals surface area contributed by atoms with Crippen LogP contribution in [-0.4, -0.2) is 28.2 Å². The predicted octanol–water partition coefficient (Wildman–Crippen LogP) is 3.40. The highest BCUT2D eigenvalue weighted by Crippen LogP contribution is 2.27. The first-order valence-corrected chi connectivity index (χ1v) is 10.8. The fourth-order valence-corrected chi connectivity index (χ4v) is 3.97. The normalized spacial score (nSPS) is 11.0. The molecule has 0 unspecified atom stereocenters. The first-order valence-electron chi connectivity index (χ1n) is 10.5. The SMILES string of the molecule is CCN(Cc1cc2ccc(OC)cc2nc1Cl)c1c(N)n(Cc2ccccc2)c(=O)[nH]c1=O. The van der Waals surface area contributed by atoms with Crippen molar-refractivity contribution in [3.8, 4) is 5.75 Å². The monoisotopic (exact) mass is 465 g/mol. The summed E-state index contributed by atoms with van der Waals surface area (Å²) in [5, 5.41) is 1.21. The van der Waals surface area contributed by atoms with Crippen LogP contribution >= 0.6 is 11.6 Å². The van der Waals surface area contributed by atoms with E-state index in [1.807, 2.05) is 61.5 Å². The summed E-state index contributed by atoms with van der Waals surface area (Å²) >= 11 is 6.48. The number of nitrogens with zero attached hydrogens (tertiary/aromatic N) is 3. The van der Waals surface area contributed by atoms with Crippen molar-refractivity contribution in [3.63, 3.8) is 0 Å². The maximum Gasteiger partial charge on any atom is 0.330 e. The number of aromatic nitrogens is 3. The molecular formula is C24H24ClN5O3. The average Bonchev–Trinajstić information content (AvgIpc) is 2.81. The summed E-state index contributed by atoms with van der Waals surface area (Å²) in [6, 6.07) is 16.9. The van der Waals surface area contributed by atoms with Gasteiger partial charge in [-0.15, -0.1) is 0 Å². The Bertz CT molecular complexity index is 1420. The lowest BCUT2D eigenvalue weighted by Gasteiger charge is -2.25. The number of ether oxygens (including phenoxy) is 1. The molecule has 0 aliphatic rings. The van der Waals surface area contributed by atoms with Gasteiger partial charge in [0.25, 0.3) is 5.56 Å². The molecular weight excluding hydrogens is 442 g/mol. The lowest BCUT2D eigenvalue weighted by molar-refractivity contribution is 0.415. The van der Waals surface area contributed by atoms with E-state index in [4.69, 9.17) is 22.1 Å². The first kappa shape index (κ1) is 22.4. The van der Waals surface area contributed by atoms with Gasteiger partial charge in [-0.05, 0) is 30.7 Å². The van der Waals surface area contributed by atoms with Crippen LogP contribution in [0, 0.1) is 0 Å². The number of anilines is 2. The van der Waals surface area contributed by atoms with Crippen LogP contribution in [0.3, 0.4) is 0 Å². The number of nitrogen functional groups attached to an aromatic ring is 1. The molecule has 33 heavy (non-hydrogen) atoms. The Morgan fingerprint density at radius 1 is 1.15 bits per heavy atom. The number of rotatable bonds is 7. The molecule has 2 aromatic heterocycles. The third kappa shape index (κ3) is 4.56. The highest BCUT2D eigenvalue weighted by atomic mass is 35.5. The zero-order valence-corrected chi connectivity index (χ0v) is 19.1. The van der Waals surface area contributed by atoms with Gasteiger partial charge in [0.2, 0.25) is 0 Å². The standard InChI is InChI=1S/C24H24ClN5O3/c1-3-29(14-17-11-16-9-10-18(33-2)12-19(16)27-21(17)25)20-22(26)30(24(32)28-23(20)31)13-15-7-5-4-6-8-15/h4-12H,3,13-14,26H2,1-2H3,(H,28,31,32). The number of methoxy groups -OCH3 is 1. The van der Waals surface area contributed by atoms with Crippen LogP contribution in [0.4, 0.5) is 11.5 Å². The fourth-order valence-electron chi connectivity index (χ4n) is 3.77. The molecule has 170 valence electrons. The largest absolute Gasteiger partial charge is 0.497 e. The lowest BCUT2D eigenvalue weighted by Crippen LogP contribution is -2.38. The highest BCUT2D eigenvalue weighted by Gasteiger charge is 2.20. The molecule has 0 saturated heterocycles. The van der Waals surface area contributed by atoms with E-state index >= 15 is 0 Å². The lowest BCUT2D eigenvalue weighted by atomic mass is 10.1. The van der Waals surface area contributed by atoms with E-state index in [9.17, 15) is 9.59 Å². The van der Waals surface area contributed by atoms with Gasteiger partial charge in [0, 0.05) is 30.1 Å². The van der Waals surface area contributed by atoms with E-state index in [1.165, 1.54) is 4.57 Å². The second kappa shape index (κ2) is 9.38. The number of fused-ring (bicyclic) bond motifs is 1. The molecule has 0 aliphatic carbocycles. The van der Waals surface area contributed by atoms with E-state index in [1.54, 1.807) is 12.0 Å². The second-order valence-corrected chi connectivity index (χ2v) is 7.93. The molecule has 0 amide bonds. The number of nitrogens with two attached hydrogens (primary N) is 1. The van der Waals surface area contributed by atoms with Crippen molar-refractivity contribution in [1.29, 1.82) is 0 Å². The van der Waals surface area contributed by atoms with Gasteiger partial charge in [0.1, 0.15) is 22.4 Å². The number of hydrogen-bond acceptors (Lipinski definition) is 6. The van der Waals surface area contributed by atoms with E-state index in [2.05, 4.69) is 9.97 Å². The molecule has 0 atom stereocenters. The van der Waals surface area contributed by atoms with Gasteiger partial charge in [-0.2, -0.15) is 0 Å². The number of pyridine rings is 1. The second-order valence-electron chi connectivity index (χ2n) is 7.58. The summed E-state index contributed by atoms with van der Waals surface area (Å²) in [5.41, 5.74) is 7.82. The summed E-state index contributed by atoms with van der Waals surface area (Å²) in [7, 11) is 1.59. The maximum atomic E-state index is 12.8. The summed E-state index contributed by atoms with van der Waals surface area (Å²) in [6.07, 6.45) is 0. The molecule has 0 radical (unpaired) electrons. The minimum Gasteiger partial charge on any atom is -0.497 e. The molecule has 2 heterocycles. The van der Waals surface area contributed by atoms with Crippen molar-refractivity contribution in [2.75, 3.05) is 24.3 Å². The Hall–Kier alpha value is -3.78. The van der Waals surface area contributed by atoms with Gasteiger partial charge < -0.3 is 15.4 Å². The summed E-state index contributed by atoms with van der Waals surface area (Å²) < 4.78 is 6.61. The van der Waals surface area contributed by atoms with Crippen molar-refractivity contribution < 1.29 is 4.74 Å². The highest BCUT2D eigenvalue weighted by molar-refractivity contribution is 6.30. The van der Waals surface area contributed by atoms with Gasteiger partial charge in [-0.1, -0.05) is 41.9 Å². The summed E-state index contributed by atoms with van der Waals surface area (Å²) in [6.45, 7) is 2.90. The Morgan fingerprint density at radius 2 is 1.91 bits per heavy atom. The number of benzene rings is 2. The van der Waals surface area contributed by atoms with Gasteiger partial charge >= 0.3 is 5.69 Å². The minimum absolute atomic E-state index is 0.101. The van der Waals surface area contributed by atoms with Crippen LogP contribution in [0.2, 0.25) is 5.15 Å². The molecule has 0 fully saturated rings. The zero-order chi connectivity index (χ0) is 23.5. The minimum atomic E-state index is -0.555. The molecule has 0 aliphatic heterocycles. The van der Waals surface area contributed by atoms with E-state index < -0.39 is 11.2 Å². The molecule has 9 heteroatoms. The Morgan fingerprint density at radius 3 is 2.61 bits per heavy atom. The number of aromatic amines is 1. The number of halogens is 1. The quantitative estimate of drug-likeness (QED) is 0.405. The summed E-state index contributed by atoms with van der Waals surface area (Å²) in [5.74, 6) is 0.790. The predicted molar refractivity (Wildman–Crippen MR) is 131 cm³/mol. The first-order chi connectivity index (χ1) is 15.9. The van der Waals surface area contributed by atoms with Crippen molar-refractivity contribution in [1.82, 2.24) is 14.5 Å². The Labute approximate surface area is 195 Å². The van der Waals surface area contributed by atoms with Crippen LogP contribution in [-0.2, 0) is 13.1 Å². The van der Waals surface area contributed by atoms with Gasteiger partial charge in [-0.3, -0.25) is 14.3 Å². The summed E-state index contributed by atoms with van der Waals surface area (Å²) in [4.78, 5) is 33.9. The molecule has 0 bridgehead atoms. The number of hydrogen-bond donors (Lipinski definition) is 2. The van der Waals surface area contributed by atoms with Gasteiger partial charge in [0.05, 0.1) is 19.2 Å². The molecule has 0 saturated carbocycles. The van der Waals surface area contributed by atoms with Gasteiger partial charge in [-0.25, -0.2) is 9.78 Å². The van der Waals surface area contributed by atoms with E-state index in [0.717, 1.165) is 16.5 Å². The smallest absolute Gasteiger partial charge is 0.330 e. The molecule has 8 nitrogen and oxygen atoms in total. The fraction of sp³-hybridized carbons (Fsp3) is 0.208. The van der Waals surface area contributed by atoms with E-state index in [-0.39, 0.29) is 18.1 Å². The van der Waals surface area contributed by atoms with Crippen LogP contribution in [0.1, 0.15) is 18.1 Å². The third-order valence-electron chi connectivity index (χ3n) is 5.51. The third-order valence-corrected chi connectivity index (χ3v) is 5.83. The van der Waals surface area contributed by atoms with Crippen LogP contribution in [0.15, 0.2) is 64.2 Å².